The molecule has 35 heavy (non-hydrogen) atoms. The van der Waals surface area contributed by atoms with E-state index in [-0.39, 0.29) is 0 Å². The Kier molecular flexibility index (Phi) is 4.33. The van der Waals surface area contributed by atoms with Crippen LogP contribution in [0.5, 0.6) is 0 Å². The lowest BCUT2D eigenvalue weighted by molar-refractivity contribution is 0.668. The van der Waals surface area contributed by atoms with E-state index in [9.17, 15) is 0 Å². The lowest BCUT2D eigenvalue weighted by atomic mass is 9.73. The van der Waals surface area contributed by atoms with E-state index in [0.717, 1.165) is 22.8 Å². The smallest absolute Gasteiger partial charge is 0.109 e. The topological polar surface area (TPSA) is 35.6 Å². The highest BCUT2D eigenvalue weighted by Crippen LogP contribution is 2.55. The number of benzene rings is 4. The normalized spacial score (nSPS) is 13.4. The molecule has 1 aliphatic carbocycles. The van der Waals surface area contributed by atoms with Gasteiger partial charge in [0.15, 0.2) is 0 Å². The van der Waals surface area contributed by atoms with Gasteiger partial charge in [-0.25, -0.2) is 9.36 Å². The van der Waals surface area contributed by atoms with Crippen molar-refractivity contribution in [2.24, 2.45) is 0 Å². The molecule has 166 valence electrons. The molecule has 2 aromatic heterocycles. The second kappa shape index (κ2) is 7.67. The Morgan fingerprint density at radius 1 is 0.429 bits per heavy atom. The van der Waals surface area contributed by atoms with Crippen LogP contribution in [0.15, 0.2) is 134 Å². The summed E-state index contributed by atoms with van der Waals surface area (Å²) in [6.45, 7) is 0. The van der Waals surface area contributed by atoms with Gasteiger partial charge in [0.25, 0.3) is 0 Å². The van der Waals surface area contributed by atoms with Gasteiger partial charge in [-0.05, 0) is 58.7 Å². The average Bonchev–Trinajstić information content (AvgIpc) is 3.67. The highest BCUT2D eigenvalue weighted by molar-refractivity contribution is 5.85. The quantitative estimate of drug-likeness (QED) is 0.310. The number of hydrogen-bond acceptors (Lipinski definition) is 2. The van der Waals surface area contributed by atoms with Gasteiger partial charge in [-0.1, -0.05) is 84.9 Å². The lowest BCUT2D eigenvalue weighted by Gasteiger charge is -2.28. The van der Waals surface area contributed by atoms with Gasteiger partial charge in [-0.2, -0.15) is 10.2 Å². The predicted octanol–water partition coefficient (Wildman–Crippen LogP) is 6.42. The molecule has 4 aromatic carbocycles. The zero-order valence-corrected chi connectivity index (χ0v) is 19.0. The fourth-order valence-corrected chi connectivity index (χ4v) is 5.42. The van der Waals surface area contributed by atoms with Crippen molar-refractivity contribution >= 4 is 0 Å². The molecule has 0 radical (unpaired) electrons. The van der Waals surface area contributed by atoms with Gasteiger partial charge >= 0.3 is 0 Å². The summed E-state index contributed by atoms with van der Waals surface area (Å²) < 4.78 is 3.91. The summed E-state index contributed by atoms with van der Waals surface area (Å²) >= 11 is 0. The van der Waals surface area contributed by atoms with Crippen LogP contribution in [0.25, 0.3) is 22.5 Å². The maximum Gasteiger partial charge on any atom is 0.109 e. The Bertz CT molecular complexity index is 1520. The number of fused-ring (bicyclic) bond motifs is 3. The standard InChI is InChI=1S/C31H22N4/c1-3-11-23(12-4-1)34-21-19-29(32-34)31(30-20-22-35(33-30)24-13-5-2-6-14-24)27-17-9-7-15-25(27)26-16-8-10-18-28(26)31/h1-22H. The maximum atomic E-state index is 5.16. The maximum absolute atomic E-state index is 5.16. The molecular weight excluding hydrogens is 428 g/mol. The molecule has 0 bridgehead atoms. The van der Waals surface area contributed by atoms with Crippen molar-refractivity contribution in [1.82, 2.24) is 19.6 Å². The fraction of sp³-hybridized carbons (Fsp3) is 0.0323. The molecule has 4 nitrogen and oxygen atoms in total. The van der Waals surface area contributed by atoms with Crippen LogP contribution in [-0.2, 0) is 5.41 Å². The van der Waals surface area contributed by atoms with Gasteiger partial charge < -0.3 is 0 Å². The van der Waals surface area contributed by atoms with Crippen LogP contribution in [0.3, 0.4) is 0 Å². The highest BCUT2D eigenvalue weighted by Gasteiger charge is 2.49. The number of hydrogen-bond donors (Lipinski definition) is 0. The molecule has 0 unspecified atom stereocenters. The Balaban J connectivity index is 1.52. The largest absolute Gasteiger partial charge is 0.241 e. The molecule has 7 rings (SSSR count). The van der Waals surface area contributed by atoms with Crippen LogP contribution in [0.4, 0.5) is 0 Å². The van der Waals surface area contributed by atoms with Gasteiger partial charge in [-0.15, -0.1) is 0 Å². The van der Waals surface area contributed by atoms with Crippen LogP contribution in [-0.4, -0.2) is 19.6 Å². The van der Waals surface area contributed by atoms with Crippen LogP contribution >= 0.6 is 0 Å². The summed E-state index contributed by atoms with van der Waals surface area (Å²) in [7, 11) is 0. The molecule has 0 amide bonds. The van der Waals surface area contributed by atoms with Gasteiger partial charge in [0, 0.05) is 12.4 Å². The van der Waals surface area contributed by atoms with Gasteiger partial charge in [0.1, 0.15) is 5.41 Å². The summed E-state index contributed by atoms with van der Waals surface area (Å²) in [6.07, 6.45) is 4.09. The first kappa shape index (κ1) is 19.7. The van der Waals surface area contributed by atoms with E-state index in [1.54, 1.807) is 0 Å². The molecule has 1 aliphatic rings. The Labute approximate surface area is 203 Å². The number of nitrogens with zero attached hydrogens (tertiary/aromatic N) is 4. The first-order chi connectivity index (χ1) is 17.4. The van der Waals surface area contributed by atoms with Crippen molar-refractivity contribution in [2.75, 3.05) is 0 Å². The SMILES string of the molecule is c1ccc(-n2ccc(C3(c4ccn(-c5ccccc5)n4)c4ccccc4-c4ccccc43)n2)cc1. The second-order valence-electron chi connectivity index (χ2n) is 8.80. The van der Waals surface area contributed by atoms with E-state index in [0.29, 0.717) is 0 Å². The molecule has 4 heteroatoms. The molecule has 6 aromatic rings. The number of para-hydroxylation sites is 2. The van der Waals surface area contributed by atoms with Crippen molar-refractivity contribution < 1.29 is 0 Å². The van der Waals surface area contributed by atoms with E-state index >= 15 is 0 Å². The molecular formula is C31H22N4. The van der Waals surface area contributed by atoms with E-state index in [2.05, 4.69) is 84.9 Å². The molecule has 0 saturated heterocycles. The first-order valence-corrected chi connectivity index (χ1v) is 11.8. The van der Waals surface area contributed by atoms with Crippen LogP contribution in [0, 0.1) is 0 Å². The van der Waals surface area contributed by atoms with Crippen molar-refractivity contribution in [3.05, 3.63) is 156 Å². The zero-order valence-electron chi connectivity index (χ0n) is 19.0. The van der Waals surface area contributed by atoms with Gasteiger partial charge in [0.05, 0.1) is 22.8 Å². The second-order valence-corrected chi connectivity index (χ2v) is 8.80. The monoisotopic (exact) mass is 450 g/mol. The molecule has 0 atom stereocenters. The predicted molar refractivity (Wildman–Crippen MR) is 138 cm³/mol. The van der Waals surface area contributed by atoms with Crippen molar-refractivity contribution in [1.29, 1.82) is 0 Å². The molecule has 0 saturated carbocycles. The summed E-state index contributed by atoms with van der Waals surface area (Å²) in [5.74, 6) is 0. The third-order valence-corrected chi connectivity index (χ3v) is 6.94. The zero-order chi connectivity index (χ0) is 23.2. The molecule has 0 N–H and O–H groups in total. The van der Waals surface area contributed by atoms with Gasteiger partial charge in [-0.3, -0.25) is 0 Å². The van der Waals surface area contributed by atoms with Gasteiger partial charge in [0.2, 0.25) is 0 Å². The van der Waals surface area contributed by atoms with Crippen LogP contribution < -0.4 is 0 Å². The average molecular weight is 451 g/mol. The molecule has 0 aliphatic heterocycles. The number of aromatic nitrogens is 4. The Morgan fingerprint density at radius 3 is 1.29 bits per heavy atom. The highest BCUT2D eigenvalue weighted by atomic mass is 15.3. The van der Waals surface area contributed by atoms with Crippen LogP contribution in [0.2, 0.25) is 0 Å². The minimum Gasteiger partial charge on any atom is -0.241 e. The van der Waals surface area contributed by atoms with Crippen LogP contribution in [0.1, 0.15) is 22.5 Å². The van der Waals surface area contributed by atoms with Crippen molar-refractivity contribution in [3.63, 3.8) is 0 Å². The third-order valence-electron chi connectivity index (χ3n) is 6.94. The van der Waals surface area contributed by atoms with E-state index in [4.69, 9.17) is 10.2 Å². The molecule has 0 spiro atoms. The van der Waals surface area contributed by atoms with E-state index in [1.165, 1.54) is 22.3 Å². The Morgan fingerprint density at radius 2 is 0.829 bits per heavy atom. The van der Waals surface area contributed by atoms with Crippen molar-refractivity contribution in [3.8, 4) is 22.5 Å². The lowest BCUT2D eigenvalue weighted by Crippen LogP contribution is -2.30. The minimum absolute atomic E-state index is 0.618. The first-order valence-electron chi connectivity index (χ1n) is 11.8. The summed E-state index contributed by atoms with van der Waals surface area (Å²) in [6, 6.07) is 42.0. The Hall–Kier alpha value is -4.70. The van der Waals surface area contributed by atoms with E-state index < -0.39 is 5.41 Å². The van der Waals surface area contributed by atoms with E-state index in [1.807, 2.05) is 58.2 Å². The molecule has 2 heterocycles. The number of rotatable bonds is 4. The molecule has 0 fully saturated rings. The summed E-state index contributed by atoms with van der Waals surface area (Å²) in [4.78, 5) is 0. The fourth-order valence-electron chi connectivity index (χ4n) is 5.42. The summed E-state index contributed by atoms with van der Waals surface area (Å²) in [5, 5.41) is 10.3. The summed E-state index contributed by atoms with van der Waals surface area (Å²) in [5.41, 5.74) is 8.22. The third kappa shape index (κ3) is 2.87. The van der Waals surface area contributed by atoms with Crippen molar-refractivity contribution in [2.45, 2.75) is 5.41 Å². The minimum atomic E-state index is -0.618.